The van der Waals surface area contributed by atoms with Crippen LogP contribution in [0.5, 0.6) is 0 Å². The zero-order chi connectivity index (χ0) is 11.6. The van der Waals surface area contributed by atoms with Gasteiger partial charge in [0.05, 0.1) is 0 Å². The average Bonchev–Trinajstić information content (AvgIpc) is 2.19. The molecule has 0 radical (unpaired) electrons. The van der Waals surface area contributed by atoms with Crippen LogP contribution < -0.4 is 0 Å². The maximum absolute atomic E-state index is 13.6. The average molecular weight is 214 g/mol. The molecular formula is C12H16F2O. The van der Waals surface area contributed by atoms with Crippen LogP contribution in [-0.2, 0) is 6.42 Å². The number of rotatable bonds is 3. The normalized spacial score (nSPS) is 11.9. The van der Waals surface area contributed by atoms with E-state index < -0.39 is 17.0 Å². The Balaban J connectivity index is 3.09. The maximum Gasteiger partial charge on any atom is 0.132 e. The minimum Gasteiger partial charge on any atom is -0.396 e. The standard InChI is InChI=1S/C12H16F2O/c1-8-4-5-10(13)9(11(8)14)6-12(2,3)7-15/h4-5,15H,6-7H2,1-3H3. The molecular weight excluding hydrogens is 198 g/mol. The molecule has 0 heterocycles. The second kappa shape index (κ2) is 4.27. The summed E-state index contributed by atoms with van der Waals surface area (Å²) in [4.78, 5) is 0. The smallest absolute Gasteiger partial charge is 0.132 e. The van der Waals surface area contributed by atoms with Gasteiger partial charge in [0, 0.05) is 12.2 Å². The molecule has 84 valence electrons. The maximum atomic E-state index is 13.6. The number of aliphatic hydroxyl groups excluding tert-OH is 1. The number of hydrogen-bond donors (Lipinski definition) is 1. The number of halogens is 2. The highest BCUT2D eigenvalue weighted by Gasteiger charge is 2.22. The van der Waals surface area contributed by atoms with Gasteiger partial charge in [-0.3, -0.25) is 0 Å². The molecule has 0 amide bonds. The molecule has 0 unspecified atom stereocenters. The fourth-order valence-electron chi connectivity index (χ4n) is 1.41. The third-order valence-electron chi connectivity index (χ3n) is 2.46. The molecule has 15 heavy (non-hydrogen) atoms. The van der Waals surface area contributed by atoms with Gasteiger partial charge < -0.3 is 5.11 Å². The summed E-state index contributed by atoms with van der Waals surface area (Å²) in [6.07, 6.45) is 0.197. The topological polar surface area (TPSA) is 20.2 Å². The van der Waals surface area contributed by atoms with Crippen molar-refractivity contribution in [1.82, 2.24) is 0 Å². The molecule has 0 atom stereocenters. The summed E-state index contributed by atoms with van der Waals surface area (Å²) < 4.78 is 27.0. The molecule has 0 spiro atoms. The van der Waals surface area contributed by atoms with E-state index in [0.29, 0.717) is 5.56 Å². The fraction of sp³-hybridized carbons (Fsp3) is 0.500. The minimum atomic E-state index is -0.542. The Morgan fingerprint density at radius 2 is 1.87 bits per heavy atom. The van der Waals surface area contributed by atoms with Crippen LogP contribution in [0, 0.1) is 24.0 Å². The fourth-order valence-corrected chi connectivity index (χ4v) is 1.41. The second-order valence-electron chi connectivity index (χ2n) is 4.66. The largest absolute Gasteiger partial charge is 0.396 e. The van der Waals surface area contributed by atoms with Crippen molar-refractivity contribution in [2.75, 3.05) is 6.61 Å². The Hall–Kier alpha value is -0.960. The molecule has 0 aliphatic heterocycles. The molecule has 1 aromatic rings. The minimum absolute atomic E-state index is 0.0639. The lowest BCUT2D eigenvalue weighted by Gasteiger charge is -2.22. The Bertz CT molecular complexity index is 359. The van der Waals surface area contributed by atoms with Gasteiger partial charge >= 0.3 is 0 Å². The van der Waals surface area contributed by atoms with Gasteiger partial charge in [0.25, 0.3) is 0 Å². The van der Waals surface area contributed by atoms with E-state index in [1.165, 1.54) is 12.1 Å². The van der Waals surface area contributed by atoms with Crippen LogP contribution in [0.4, 0.5) is 8.78 Å². The van der Waals surface area contributed by atoms with Gasteiger partial charge in [0.2, 0.25) is 0 Å². The van der Waals surface area contributed by atoms with E-state index in [0.717, 1.165) is 0 Å². The predicted molar refractivity (Wildman–Crippen MR) is 55.7 cm³/mol. The number of aliphatic hydroxyl groups is 1. The number of hydrogen-bond acceptors (Lipinski definition) is 1. The molecule has 1 nitrogen and oxygen atoms in total. The van der Waals surface area contributed by atoms with E-state index in [1.807, 2.05) is 0 Å². The Labute approximate surface area is 88.7 Å². The first-order chi connectivity index (χ1) is 6.87. The van der Waals surface area contributed by atoms with Gasteiger partial charge in [-0.1, -0.05) is 19.9 Å². The first-order valence-electron chi connectivity index (χ1n) is 4.92. The van der Waals surface area contributed by atoms with Crippen molar-refractivity contribution in [1.29, 1.82) is 0 Å². The monoisotopic (exact) mass is 214 g/mol. The van der Waals surface area contributed by atoms with Gasteiger partial charge in [0.1, 0.15) is 11.6 Å². The van der Waals surface area contributed by atoms with E-state index in [2.05, 4.69) is 0 Å². The van der Waals surface area contributed by atoms with Crippen LogP contribution in [0.15, 0.2) is 12.1 Å². The number of aryl methyl sites for hydroxylation is 1. The van der Waals surface area contributed by atoms with Gasteiger partial charge in [0.15, 0.2) is 0 Å². The van der Waals surface area contributed by atoms with Crippen LogP contribution in [0.1, 0.15) is 25.0 Å². The first kappa shape index (κ1) is 12.1. The summed E-state index contributed by atoms with van der Waals surface area (Å²) >= 11 is 0. The van der Waals surface area contributed by atoms with Crippen LogP contribution in [-0.4, -0.2) is 11.7 Å². The summed E-state index contributed by atoms with van der Waals surface area (Å²) in [5.41, 5.74) is -0.00987. The van der Waals surface area contributed by atoms with Crippen molar-refractivity contribution in [3.63, 3.8) is 0 Å². The molecule has 0 aliphatic carbocycles. The van der Waals surface area contributed by atoms with Crippen molar-refractivity contribution in [2.45, 2.75) is 27.2 Å². The summed E-state index contributed by atoms with van der Waals surface area (Å²) in [7, 11) is 0. The molecule has 0 fully saturated rings. The summed E-state index contributed by atoms with van der Waals surface area (Å²) in [6.45, 7) is 5.05. The van der Waals surface area contributed by atoms with Gasteiger partial charge in [-0.05, 0) is 30.4 Å². The molecule has 0 bridgehead atoms. The van der Waals surface area contributed by atoms with Crippen LogP contribution in [0.25, 0.3) is 0 Å². The quantitative estimate of drug-likeness (QED) is 0.820. The van der Waals surface area contributed by atoms with Crippen molar-refractivity contribution < 1.29 is 13.9 Å². The molecule has 0 aromatic heterocycles. The Morgan fingerprint density at radius 1 is 1.27 bits per heavy atom. The Kier molecular flexibility index (Phi) is 3.45. The lowest BCUT2D eigenvalue weighted by molar-refractivity contribution is 0.157. The molecule has 3 heteroatoms. The lowest BCUT2D eigenvalue weighted by Crippen LogP contribution is -2.21. The van der Waals surface area contributed by atoms with E-state index in [1.54, 1.807) is 20.8 Å². The number of benzene rings is 1. The molecule has 0 saturated heterocycles. The SMILES string of the molecule is Cc1ccc(F)c(CC(C)(C)CO)c1F. The lowest BCUT2D eigenvalue weighted by atomic mass is 9.86. The first-order valence-corrected chi connectivity index (χ1v) is 4.92. The zero-order valence-electron chi connectivity index (χ0n) is 9.27. The van der Waals surface area contributed by atoms with Gasteiger partial charge in [-0.15, -0.1) is 0 Å². The highest BCUT2D eigenvalue weighted by Crippen LogP contribution is 2.26. The van der Waals surface area contributed by atoms with Crippen molar-refractivity contribution >= 4 is 0 Å². The third-order valence-corrected chi connectivity index (χ3v) is 2.46. The second-order valence-corrected chi connectivity index (χ2v) is 4.66. The Morgan fingerprint density at radius 3 is 2.40 bits per heavy atom. The molecule has 0 aliphatic rings. The highest BCUT2D eigenvalue weighted by molar-refractivity contribution is 5.27. The van der Waals surface area contributed by atoms with E-state index in [-0.39, 0.29) is 18.6 Å². The highest BCUT2D eigenvalue weighted by atomic mass is 19.1. The van der Waals surface area contributed by atoms with Gasteiger partial charge in [-0.25, -0.2) is 8.78 Å². The molecule has 1 aromatic carbocycles. The van der Waals surface area contributed by atoms with Crippen LogP contribution in [0.3, 0.4) is 0 Å². The van der Waals surface area contributed by atoms with E-state index in [4.69, 9.17) is 5.11 Å². The summed E-state index contributed by atoms with van der Waals surface area (Å²) in [5, 5.41) is 9.06. The summed E-state index contributed by atoms with van der Waals surface area (Å²) in [5.74, 6) is -1.05. The van der Waals surface area contributed by atoms with Crippen molar-refractivity contribution in [3.8, 4) is 0 Å². The van der Waals surface area contributed by atoms with Crippen LogP contribution >= 0.6 is 0 Å². The van der Waals surface area contributed by atoms with E-state index >= 15 is 0 Å². The van der Waals surface area contributed by atoms with Crippen molar-refractivity contribution in [3.05, 3.63) is 34.9 Å². The molecule has 0 saturated carbocycles. The molecule has 1 N–H and O–H groups in total. The van der Waals surface area contributed by atoms with Crippen molar-refractivity contribution in [2.24, 2.45) is 5.41 Å². The zero-order valence-corrected chi connectivity index (χ0v) is 9.27. The summed E-state index contributed by atoms with van der Waals surface area (Å²) in [6, 6.07) is 2.68. The van der Waals surface area contributed by atoms with E-state index in [9.17, 15) is 8.78 Å². The van der Waals surface area contributed by atoms with Crippen LogP contribution in [0.2, 0.25) is 0 Å². The predicted octanol–water partition coefficient (Wildman–Crippen LogP) is 2.83. The molecule has 1 rings (SSSR count). The third kappa shape index (κ3) is 2.75. The van der Waals surface area contributed by atoms with Gasteiger partial charge in [-0.2, -0.15) is 0 Å².